The molecule has 1 aliphatic heterocycles. The lowest BCUT2D eigenvalue weighted by Crippen LogP contribution is -2.42. The summed E-state index contributed by atoms with van der Waals surface area (Å²) >= 11 is 0. The highest BCUT2D eigenvalue weighted by atomic mass is 32.2. The molecule has 0 spiro atoms. The fourth-order valence-corrected chi connectivity index (χ4v) is 3.51. The molecule has 0 aromatic carbocycles. The fraction of sp³-hybridized carbons (Fsp3) is 0.700. The van der Waals surface area contributed by atoms with Gasteiger partial charge in [0.1, 0.15) is 9.84 Å². The first kappa shape index (κ1) is 13.8. The Labute approximate surface area is 110 Å². The van der Waals surface area contributed by atoms with Crippen LogP contribution in [-0.4, -0.2) is 40.3 Å². The highest BCUT2D eigenvalue weighted by Crippen LogP contribution is 2.14. The van der Waals surface area contributed by atoms with E-state index in [-0.39, 0.29) is 23.4 Å². The summed E-state index contributed by atoms with van der Waals surface area (Å²) in [6.07, 6.45) is 0.881. The molecule has 106 valence electrons. The first-order valence-electron chi connectivity index (χ1n) is 5.91. The van der Waals surface area contributed by atoms with Gasteiger partial charge in [-0.15, -0.1) is 5.10 Å². The molecule has 0 atom stereocenters. The minimum Gasteiger partial charge on any atom is -0.361 e. The first-order valence-corrected chi connectivity index (χ1v) is 7.73. The minimum absolute atomic E-state index is 0.0777. The van der Waals surface area contributed by atoms with Crippen molar-refractivity contribution in [1.82, 2.24) is 14.3 Å². The van der Waals surface area contributed by atoms with Crippen molar-refractivity contribution in [3.63, 3.8) is 0 Å². The number of aromatic nitrogens is 3. The molecule has 8 nitrogen and oxygen atoms in total. The van der Waals surface area contributed by atoms with Crippen LogP contribution in [0.5, 0.6) is 0 Å². The molecule has 1 aromatic rings. The molecule has 0 bridgehead atoms. The van der Waals surface area contributed by atoms with Crippen LogP contribution in [0.1, 0.15) is 12.8 Å². The van der Waals surface area contributed by atoms with E-state index >= 15 is 0 Å². The van der Waals surface area contributed by atoms with E-state index in [2.05, 4.69) is 10.4 Å². The summed E-state index contributed by atoms with van der Waals surface area (Å²) in [5.41, 5.74) is -1.00. The van der Waals surface area contributed by atoms with Gasteiger partial charge in [0.2, 0.25) is 5.82 Å². The van der Waals surface area contributed by atoms with Crippen molar-refractivity contribution < 1.29 is 8.42 Å². The van der Waals surface area contributed by atoms with Gasteiger partial charge in [0, 0.05) is 20.1 Å². The lowest BCUT2D eigenvalue weighted by atomic mass is 10.1. The van der Waals surface area contributed by atoms with E-state index in [1.165, 1.54) is 14.1 Å². The maximum Gasteiger partial charge on any atom is 0.346 e. The third-order valence-corrected chi connectivity index (χ3v) is 4.93. The van der Waals surface area contributed by atoms with Gasteiger partial charge in [0.15, 0.2) is 0 Å². The van der Waals surface area contributed by atoms with Gasteiger partial charge in [-0.2, -0.15) is 0 Å². The average molecular weight is 288 g/mol. The van der Waals surface area contributed by atoms with Crippen molar-refractivity contribution in [2.24, 2.45) is 14.1 Å². The summed E-state index contributed by atoms with van der Waals surface area (Å²) in [5, 5.41) is 6.80. The standard InChI is InChI=1S/C10H16N4O4S/c1-13-9(15)8(12-14(2)10(13)16)11-7-3-5-19(17,18)6-4-7/h7H,3-6H2,1-2H3,(H,11,12). The number of nitrogens with one attached hydrogen (secondary N) is 1. The van der Waals surface area contributed by atoms with Crippen LogP contribution in [-0.2, 0) is 23.9 Å². The van der Waals surface area contributed by atoms with Crippen LogP contribution in [0.25, 0.3) is 0 Å². The monoisotopic (exact) mass is 288 g/mol. The lowest BCUT2D eigenvalue weighted by molar-refractivity contribution is 0.552. The SMILES string of the molecule is Cn1nc(NC2CCS(=O)(=O)CC2)c(=O)n(C)c1=O. The molecule has 2 heterocycles. The summed E-state index contributed by atoms with van der Waals surface area (Å²) in [7, 11) is -0.106. The highest BCUT2D eigenvalue weighted by Gasteiger charge is 2.24. The maximum absolute atomic E-state index is 11.8. The molecule has 0 radical (unpaired) electrons. The Kier molecular flexibility index (Phi) is 3.48. The van der Waals surface area contributed by atoms with Crippen molar-refractivity contribution in [2.45, 2.75) is 18.9 Å². The van der Waals surface area contributed by atoms with Crippen LogP contribution >= 0.6 is 0 Å². The molecule has 0 unspecified atom stereocenters. The molecule has 1 aliphatic rings. The van der Waals surface area contributed by atoms with E-state index in [1.807, 2.05) is 0 Å². The molecule has 0 saturated carbocycles. The van der Waals surface area contributed by atoms with Crippen LogP contribution < -0.4 is 16.6 Å². The predicted octanol–water partition coefficient (Wildman–Crippen LogP) is -1.53. The number of sulfone groups is 1. The van der Waals surface area contributed by atoms with E-state index in [4.69, 9.17) is 0 Å². The number of anilines is 1. The average Bonchev–Trinajstić information content (AvgIpc) is 2.36. The zero-order valence-corrected chi connectivity index (χ0v) is 11.6. The Bertz CT molecular complexity index is 689. The highest BCUT2D eigenvalue weighted by molar-refractivity contribution is 7.91. The number of nitrogens with zero attached hydrogens (tertiary/aromatic N) is 3. The summed E-state index contributed by atoms with van der Waals surface area (Å²) in [5.74, 6) is 0.293. The molecule has 1 saturated heterocycles. The van der Waals surface area contributed by atoms with Crippen molar-refractivity contribution in [2.75, 3.05) is 16.8 Å². The van der Waals surface area contributed by atoms with E-state index in [1.54, 1.807) is 0 Å². The van der Waals surface area contributed by atoms with E-state index in [0.717, 1.165) is 9.25 Å². The van der Waals surface area contributed by atoms with Crippen molar-refractivity contribution in [3.05, 3.63) is 20.8 Å². The Balaban J connectivity index is 2.22. The second kappa shape index (κ2) is 4.80. The molecule has 0 aliphatic carbocycles. The molecule has 0 amide bonds. The second-order valence-corrected chi connectivity index (χ2v) is 6.99. The molecule has 9 heteroatoms. The molecular weight excluding hydrogens is 272 g/mol. The number of aryl methyl sites for hydroxylation is 1. The molecule has 2 rings (SSSR count). The van der Waals surface area contributed by atoms with Crippen LogP contribution in [0.3, 0.4) is 0 Å². The third-order valence-electron chi connectivity index (χ3n) is 3.22. The fourth-order valence-electron chi connectivity index (χ4n) is 2.02. The summed E-state index contributed by atoms with van der Waals surface area (Å²) in [6.45, 7) is 0. The Morgan fingerprint density at radius 2 is 1.79 bits per heavy atom. The largest absolute Gasteiger partial charge is 0.361 e. The van der Waals surface area contributed by atoms with Gasteiger partial charge >= 0.3 is 5.69 Å². The van der Waals surface area contributed by atoms with Crippen molar-refractivity contribution in [3.8, 4) is 0 Å². The summed E-state index contributed by atoms with van der Waals surface area (Å²) in [6, 6.07) is -0.110. The van der Waals surface area contributed by atoms with E-state index < -0.39 is 21.1 Å². The van der Waals surface area contributed by atoms with Crippen molar-refractivity contribution in [1.29, 1.82) is 0 Å². The van der Waals surface area contributed by atoms with Crippen LogP contribution in [0.4, 0.5) is 5.82 Å². The summed E-state index contributed by atoms with van der Waals surface area (Å²) in [4.78, 5) is 23.3. The third kappa shape index (κ3) is 2.86. The second-order valence-electron chi connectivity index (χ2n) is 4.69. The van der Waals surface area contributed by atoms with Gasteiger partial charge in [0.25, 0.3) is 5.56 Å². The smallest absolute Gasteiger partial charge is 0.346 e. The van der Waals surface area contributed by atoms with Crippen LogP contribution in [0.2, 0.25) is 0 Å². The Hall–Kier alpha value is -1.64. The number of hydrogen-bond donors (Lipinski definition) is 1. The zero-order valence-electron chi connectivity index (χ0n) is 10.8. The molecular formula is C10H16N4O4S. The van der Waals surface area contributed by atoms with Gasteiger partial charge in [-0.1, -0.05) is 0 Å². The zero-order chi connectivity index (χ0) is 14.2. The Morgan fingerprint density at radius 3 is 2.37 bits per heavy atom. The molecule has 1 aromatic heterocycles. The van der Waals surface area contributed by atoms with Crippen LogP contribution in [0, 0.1) is 0 Å². The van der Waals surface area contributed by atoms with Gasteiger partial charge < -0.3 is 5.32 Å². The van der Waals surface area contributed by atoms with Gasteiger partial charge in [-0.05, 0) is 12.8 Å². The molecule has 1 N–H and O–H groups in total. The van der Waals surface area contributed by atoms with Crippen LogP contribution in [0.15, 0.2) is 9.59 Å². The van der Waals surface area contributed by atoms with Gasteiger partial charge in [-0.25, -0.2) is 17.9 Å². The lowest BCUT2D eigenvalue weighted by Gasteiger charge is -2.23. The van der Waals surface area contributed by atoms with Gasteiger partial charge in [0.05, 0.1) is 11.5 Å². The molecule has 19 heavy (non-hydrogen) atoms. The topological polar surface area (TPSA) is 103 Å². The summed E-state index contributed by atoms with van der Waals surface area (Å²) < 4.78 is 24.7. The first-order chi connectivity index (χ1) is 8.80. The number of hydrogen-bond acceptors (Lipinski definition) is 6. The molecule has 1 fully saturated rings. The quantitative estimate of drug-likeness (QED) is 0.708. The van der Waals surface area contributed by atoms with Gasteiger partial charge in [-0.3, -0.25) is 9.36 Å². The Morgan fingerprint density at radius 1 is 1.21 bits per heavy atom. The van der Waals surface area contributed by atoms with Crippen molar-refractivity contribution >= 4 is 15.7 Å². The predicted molar refractivity (Wildman–Crippen MR) is 70.0 cm³/mol. The normalized spacial score (nSPS) is 19.3. The minimum atomic E-state index is -2.94. The van der Waals surface area contributed by atoms with E-state index in [0.29, 0.717) is 12.8 Å². The van der Waals surface area contributed by atoms with E-state index in [9.17, 15) is 18.0 Å². The maximum atomic E-state index is 11.8. The number of rotatable bonds is 2.